The molecule has 0 radical (unpaired) electrons. The van der Waals surface area contributed by atoms with E-state index in [2.05, 4.69) is 23.7 Å². The molecule has 2 aliphatic rings. The van der Waals surface area contributed by atoms with Gasteiger partial charge in [0, 0.05) is 30.9 Å². The molecule has 5 atom stereocenters. The molecule has 0 aromatic carbocycles. The SMILES string of the molecule is CCN(CC)C1=NC2C(S1)[C@H](CO)[C@@H](O)[C@@H]2O. The van der Waals surface area contributed by atoms with Gasteiger partial charge in [0.1, 0.15) is 6.10 Å². The lowest BCUT2D eigenvalue weighted by Crippen LogP contribution is -2.33. The maximum Gasteiger partial charge on any atom is 0.159 e. The molecule has 2 unspecified atom stereocenters. The van der Waals surface area contributed by atoms with Crippen LogP contribution in [-0.4, -0.2) is 68.6 Å². The van der Waals surface area contributed by atoms with E-state index in [1.807, 2.05) is 0 Å². The van der Waals surface area contributed by atoms with Gasteiger partial charge in [-0.25, -0.2) is 0 Å². The summed E-state index contributed by atoms with van der Waals surface area (Å²) < 4.78 is 0. The first-order valence-electron chi connectivity index (χ1n) is 6.10. The third-order valence-electron chi connectivity index (χ3n) is 3.64. The molecular weight excluding hydrogens is 240 g/mol. The monoisotopic (exact) mass is 260 g/mol. The Morgan fingerprint density at radius 1 is 1.24 bits per heavy atom. The Hall–Kier alpha value is -0.300. The molecule has 0 saturated heterocycles. The fourth-order valence-corrected chi connectivity index (χ4v) is 4.16. The van der Waals surface area contributed by atoms with Crippen LogP contribution in [0.25, 0.3) is 0 Å². The van der Waals surface area contributed by atoms with E-state index in [0.717, 1.165) is 18.3 Å². The maximum atomic E-state index is 9.91. The van der Waals surface area contributed by atoms with E-state index in [4.69, 9.17) is 0 Å². The number of aliphatic imine (C=N–C) groups is 1. The van der Waals surface area contributed by atoms with Gasteiger partial charge in [-0.05, 0) is 13.8 Å². The standard InChI is InChI=1S/C11H20N2O3S/c1-3-13(4-2)11-12-7-9(16)8(15)6(5-14)10(7)17-11/h6-10,14-16H,3-5H2,1-2H3/t6-,7?,8-,9-,10?/m1/s1. The zero-order valence-corrected chi connectivity index (χ0v) is 11.0. The highest BCUT2D eigenvalue weighted by Gasteiger charge is 2.53. The lowest BCUT2D eigenvalue weighted by Gasteiger charge is -2.23. The van der Waals surface area contributed by atoms with Gasteiger partial charge in [-0.3, -0.25) is 4.99 Å². The van der Waals surface area contributed by atoms with Crippen LogP contribution >= 0.6 is 11.8 Å². The summed E-state index contributed by atoms with van der Waals surface area (Å²) in [5.74, 6) is -0.281. The van der Waals surface area contributed by atoms with Crippen molar-refractivity contribution < 1.29 is 15.3 Å². The number of aliphatic hydroxyl groups is 3. The Kier molecular flexibility index (Phi) is 3.97. The van der Waals surface area contributed by atoms with Crippen molar-refractivity contribution >= 4 is 16.9 Å². The molecule has 1 aliphatic carbocycles. The first-order valence-corrected chi connectivity index (χ1v) is 6.98. The van der Waals surface area contributed by atoms with Crippen molar-refractivity contribution in [3.63, 3.8) is 0 Å². The minimum atomic E-state index is -0.857. The number of hydrogen-bond acceptors (Lipinski definition) is 6. The second-order valence-corrected chi connectivity index (χ2v) is 5.63. The predicted octanol–water partition coefficient (Wildman–Crippen LogP) is -0.488. The molecule has 1 saturated carbocycles. The summed E-state index contributed by atoms with van der Waals surface area (Å²) in [4.78, 5) is 6.64. The molecule has 6 heteroatoms. The van der Waals surface area contributed by atoms with Gasteiger partial charge in [-0.15, -0.1) is 0 Å². The molecule has 2 rings (SSSR count). The molecule has 0 bridgehead atoms. The van der Waals surface area contributed by atoms with Crippen molar-refractivity contribution in [2.45, 2.75) is 37.3 Å². The molecule has 5 nitrogen and oxygen atoms in total. The number of amidine groups is 1. The van der Waals surface area contributed by atoms with E-state index in [-0.39, 0.29) is 23.8 Å². The number of nitrogens with zero attached hydrogens (tertiary/aromatic N) is 2. The highest BCUT2D eigenvalue weighted by Crippen LogP contribution is 2.43. The second kappa shape index (κ2) is 5.14. The van der Waals surface area contributed by atoms with Gasteiger partial charge in [0.05, 0.1) is 12.1 Å². The van der Waals surface area contributed by atoms with Gasteiger partial charge in [-0.2, -0.15) is 0 Å². The summed E-state index contributed by atoms with van der Waals surface area (Å²) in [5.41, 5.74) is 0. The lowest BCUT2D eigenvalue weighted by molar-refractivity contribution is 0.00322. The van der Waals surface area contributed by atoms with Crippen LogP contribution in [0.1, 0.15) is 13.8 Å². The highest BCUT2D eigenvalue weighted by molar-refractivity contribution is 8.14. The van der Waals surface area contributed by atoms with Gasteiger partial charge in [-0.1, -0.05) is 11.8 Å². The molecular formula is C11H20N2O3S. The van der Waals surface area contributed by atoms with Crippen LogP contribution in [0.15, 0.2) is 4.99 Å². The predicted molar refractivity (Wildman–Crippen MR) is 68.1 cm³/mol. The molecule has 0 aromatic rings. The van der Waals surface area contributed by atoms with Crippen LogP contribution in [0, 0.1) is 5.92 Å². The number of aliphatic hydroxyl groups excluding tert-OH is 3. The van der Waals surface area contributed by atoms with Crippen molar-refractivity contribution in [3.8, 4) is 0 Å². The smallest absolute Gasteiger partial charge is 0.159 e. The third kappa shape index (κ3) is 2.07. The zero-order valence-electron chi connectivity index (χ0n) is 10.2. The largest absolute Gasteiger partial charge is 0.396 e. The topological polar surface area (TPSA) is 76.3 Å². The fourth-order valence-electron chi connectivity index (χ4n) is 2.55. The fraction of sp³-hybridized carbons (Fsp3) is 0.909. The second-order valence-electron chi connectivity index (χ2n) is 4.48. The number of rotatable bonds is 3. The first-order chi connectivity index (χ1) is 8.13. The van der Waals surface area contributed by atoms with Gasteiger partial charge in [0.25, 0.3) is 0 Å². The van der Waals surface area contributed by atoms with Crippen molar-refractivity contribution in [3.05, 3.63) is 0 Å². The van der Waals surface area contributed by atoms with Gasteiger partial charge in [0.2, 0.25) is 0 Å². The summed E-state index contributed by atoms with van der Waals surface area (Å²) in [6.07, 6.45) is -1.71. The first kappa shape index (κ1) is 13.1. The normalized spacial score (nSPS) is 40.3. The quantitative estimate of drug-likeness (QED) is 0.638. The molecule has 1 aliphatic heterocycles. The lowest BCUT2D eigenvalue weighted by atomic mass is 10.1. The maximum absolute atomic E-state index is 9.91. The van der Waals surface area contributed by atoms with E-state index in [1.54, 1.807) is 11.8 Å². The van der Waals surface area contributed by atoms with Crippen molar-refractivity contribution in [1.82, 2.24) is 4.90 Å². The number of thioether (sulfide) groups is 1. The van der Waals surface area contributed by atoms with E-state index in [0.29, 0.717) is 0 Å². The van der Waals surface area contributed by atoms with Crippen LogP contribution < -0.4 is 0 Å². The number of fused-ring (bicyclic) bond motifs is 1. The average Bonchev–Trinajstić information content (AvgIpc) is 2.83. The van der Waals surface area contributed by atoms with E-state index < -0.39 is 12.2 Å². The van der Waals surface area contributed by atoms with E-state index in [1.165, 1.54) is 0 Å². The molecule has 1 heterocycles. The van der Waals surface area contributed by atoms with E-state index in [9.17, 15) is 15.3 Å². The number of hydrogen-bond donors (Lipinski definition) is 3. The Morgan fingerprint density at radius 3 is 2.41 bits per heavy atom. The van der Waals surface area contributed by atoms with Gasteiger partial charge in [0.15, 0.2) is 5.17 Å². The molecule has 1 fully saturated rings. The molecule has 0 amide bonds. The molecule has 3 N–H and O–H groups in total. The highest BCUT2D eigenvalue weighted by atomic mass is 32.2. The van der Waals surface area contributed by atoms with Gasteiger partial charge < -0.3 is 20.2 Å². The summed E-state index contributed by atoms with van der Waals surface area (Å²) in [6.45, 7) is 5.78. The Bertz CT molecular complexity index is 309. The Labute approximate surface area is 106 Å². The van der Waals surface area contributed by atoms with Gasteiger partial charge >= 0.3 is 0 Å². The Balaban J connectivity index is 2.15. The van der Waals surface area contributed by atoms with Crippen LogP contribution in [0.4, 0.5) is 0 Å². The molecule has 0 aromatic heterocycles. The van der Waals surface area contributed by atoms with Crippen molar-refractivity contribution in [1.29, 1.82) is 0 Å². The summed E-state index contributed by atoms with van der Waals surface area (Å²) >= 11 is 1.57. The molecule has 17 heavy (non-hydrogen) atoms. The van der Waals surface area contributed by atoms with Crippen LogP contribution in [0.2, 0.25) is 0 Å². The minimum absolute atomic E-state index is 0.000556. The molecule has 0 spiro atoms. The van der Waals surface area contributed by atoms with Crippen molar-refractivity contribution in [2.24, 2.45) is 10.9 Å². The molecule has 98 valence electrons. The van der Waals surface area contributed by atoms with Crippen molar-refractivity contribution in [2.75, 3.05) is 19.7 Å². The van der Waals surface area contributed by atoms with Crippen LogP contribution in [0.5, 0.6) is 0 Å². The van der Waals surface area contributed by atoms with Crippen LogP contribution in [0.3, 0.4) is 0 Å². The Morgan fingerprint density at radius 2 is 1.88 bits per heavy atom. The summed E-state index contributed by atoms with van der Waals surface area (Å²) in [5, 5.41) is 29.9. The summed E-state index contributed by atoms with van der Waals surface area (Å²) in [7, 11) is 0. The van der Waals surface area contributed by atoms with E-state index >= 15 is 0 Å². The average molecular weight is 260 g/mol. The minimum Gasteiger partial charge on any atom is -0.396 e. The van der Waals surface area contributed by atoms with Crippen LogP contribution in [-0.2, 0) is 0 Å². The zero-order chi connectivity index (χ0) is 12.6. The summed E-state index contributed by atoms with van der Waals surface area (Å²) in [6, 6.07) is -0.275. The third-order valence-corrected chi connectivity index (χ3v) is 5.12.